The van der Waals surface area contributed by atoms with Gasteiger partial charge in [0.2, 0.25) is 0 Å². The minimum absolute atomic E-state index is 0.0556. The first-order chi connectivity index (χ1) is 10.6. The summed E-state index contributed by atoms with van der Waals surface area (Å²) in [5, 5.41) is 15.2. The summed E-state index contributed by atoms with van der Waals surface area (Å²) < 4.78 is 0. The minimum atomic E-state index is -0.508. The van der Waals surface area contributed by atoms with Crippen molar-refractivity contribution in [2.75, 3.05) is 10.6 Å². The largest absolute Gasteiger partial charge is 0.345 e. The van der Waals surface area contributed by atoms with Crippen molar-refractivity contribution < 1.29 is 4.79 Å². The molecule has 5 nitrogen and oxygen atoms in total. The van der Waals surface area contributed by atoms with E-state index in [0.717, 1.165) is 5.56 Å². The van der Waals surface area contributed by atoms with Crippen LogP contribution in [0, 0.1) is 18.3 Å². The maximum atomic E-state index is 12.0. The van der Waals surface area contributed by atoms with Gasteiger partial charge in [0, 0.05) is 23.1 Å². The Balaban J connectivity index is 2.09. The molecule has 6 heteroatoms. The van der Waals surface area contributed by atoms with E-state index in [2.05, 4.69) is 15.6 Å². The van der Waals surface area contributed by atoms with Crippen LogP contribution in [0.1, 0.15) is 5.56 Å². The zero-order valence-corrected chi connectivity index (χ0v) is 12.6. The summed E-state index contributed by atoms with van der Waals surface area (Å²) in [6.07, 6.45) is 2.96. The fraction of sp³-hybridized carbons (Fsp3) is 0.0625. The molecule has 0 radical (unpaired) electrons. The predicted octanol–water partition coefficient (Wildman–Crippen LogP) is 3.50. The van der Waals surface area contributed by atoms with Crippen LogP contribution in [0.4, 0.5) is 11.5 Å². The summed E-state index contributed by atoms with van der Waals surface area (Å²) in [4.78, 5) is 16.2. The lowest BCUT2D eigenvalue weighted by Crippen LogP contribution is -2.14. The summed E-state index contributed by atoms with van der Waals surface area (Å²) in [5.41, 5.74) is 1.42. The number of carbonyl (C=O) groups is 1. The number of nitrogens with one attached hydrogen (secondary N) is 2. The van der Waals surface area contributed by atoms with E-state index < -0.39 is 5.91 Å². The first-order valence-corrected chi connectivity index (χ1v) is 6.83. The Bertz CT molecular complexity index is 747. The van der Waals surface area contributed by atoms with Crippen molar-refractivity contribution in [1.29, 1.82) is 5.26 Å². The van der Waals surface area contributed by atoms with Gasteiger partial charge < -0.3 is 10.6 Å². The number of hydrogen-bond donors (Lipinski definition) is 2. The molecule has 0 unspecified atom stereocenters. The molecule has 1 heterocycles. The predicted molar refractivity (Wildman–Crippen MR) is 86.4 cm³/mol. The van der Waals surface area contributed by atoms with E-state index in [4.69, 9.17) is 16.9 Å². The van der Waals surface area contributed by atoms with Crippen molar-refractivity contribution in [3.8, 4) is 6.07 Å². The van der Waals surface area contributed by atoms with Gasteiger partial charge in [0.05, 0.1) is 0 Å². The second-order valence-electron chi connectivity index (χ2n) is 4.44. The molecule has 0 spiro atoms. The highest BCUT2D eigenvalue weighted by molar-refractivity contribution is 6.30. The summed E-state index contributed by atoms with van der Waals surface area (Å²) >= 11 is 5.78. The van der Waals surface area contributed by atoms with Crippen LogP contribution in [0.15, 0.2) is 54.4 Å². The summed E-state index contributed by atoms with van der Waals surface area (Å²) in [5.74, 6) is 0.0837. The van der Waals surface area contributed by atoms with Crippen molar-refractivity contribution in [2.45, 2.75) is 6.92 Å². The third kappa shape index (κ3) is 4.08. The van der Waals surface area contributed by atoms with Crippen LogP contribution in [0.2, 0.25) is 5.02 Å². The molecule has 1 aromatic heterocycles. The number of aromatic nitrogens is 1. The Morgan fingerprint density at radius 3 is 2.68 bits per heavy atom. The molecular formula is C16H13ClN4O. The van der Waals surface area contributed by atoms with E-state index in [9.17, 15) is 4.79 Å². The van der Waals surface area contributed by atoms with Gasteiger partial charge in [0.25, 0.3) is 5.91 Å². The van der Waals surface area contributed by atoms with Crippen molar-refractivity contribution in [1.82, 2.24) is 4.98 Å². The summed E-state index contributed by atoms with van der Waals surface area (Å²) in [6.45, 7) is 1.88. The van der Waals surface area contributed by atoms with E-state index in [0.29, 0.717) is 16.5 Å². The lowest BCUT2D eigenvalue weighted by molar-refractivity contribution is -0.112. The molecule has 0 aliphatic rings. The Kier molecular flexibility index (Phi) is 5.12. The molecule has 0 atom stereocenters. The fourth-order valence-corrected chi connectivity index (χ4v) is 1.78. The molecule has 1 aromatic carbocycles. The van der Waals surface area contributed by atoms with Gasteiger partial charge in [-0.05, 0) is 42.8 Å². The third-order valence-corrected chi connectivity index (χ3v) is 3.08. The number of amides is 1. The summed E-state index contributed by atoms with van der Waals surface area (Å²) in [7, 11) is 0. The van der Waals surface area contributed by atoms with E-state index >= 15 is 0 Å². The Labute approximate surface area is 133 Å². The standard InChI is InChI=1S/C16H13ClN4O/c1-11-3-2-8-19-15(11)20-10-12(9-18)16(22)21-14-6-4-13(17)5-7-14/h2-8,10H,1H3,(H,19,20)(H,21,22)/b12-10-. The molecule has 0 bridgehead atoms. The van der Waals surface area contributed by atoms with E-state index in [1.54, 1.807) is 30.5 Å². The number of nitriles is 1. The van der Waals surface area contributed by atoms with Crippen molar-refractivity contribution in [2.24, 2.45) is 0 Å². The smallest absolute Gasteiger partial charge is 0.267 e. The lowest BCUT2D eigenvalue weighted by atomic mass is 10.2. The number of nitrogens with zero attached hydrogens (tertiary/aromatic N) is 2. The number of aryl methyl sites for hydroxylation is 1. The van der Waals surface area contributed by atoms with E-state index in [1.807, 2.05) is 25.1 Å². The van der Waals surface area contributed by atoms with Crippen LogP contribution in [-0.2, 0) is 4.79 Å². The van der Waals surface area contributed by atoms with E-state index in [1.165, 1.54) is 6.20 Å². The average molecular weight is 313 g/mol. The SMILES string of the molecule is Cc1cccnc1N/C=C(/C#N)C(=O)Nc1ccc(Cl)cc1. The second kappa shape index (κ2) is 7.25. The highest BCUT2D eigenvalue weighted by atomic mass is 35.5. The normalized spacial score (nSPS) is 10.7. The van der Waals surface area contributed by atoms with Gasteiger partial charge >= 0.3 is 0 Å². The van der Waals surface area contributed by atoms with Crippen molar-refractivity contribution in [3.63, 3.8) is 0 Å². The maximum absolute atomic E-state index is 12.0. The van der Waals surface area contributed by atoms with Crippen LogP contribution in [0.5, 0.6) is 0 Å². The zero-order chi connectivity index (χ0) is 15.9. The first-order valence-electron chi connectivity index (χ1n) is 6.45. The van der Waals surface area contributed by atoms with Crippen LogP contribution in [-0.4, -0.2) is 10.9 Å². The van der Waals surface area contributed by atoms with Crippen molar-refractivity contribution >= 4 is 29.0 Å². The van der Waals surface area contributed by atoms with Crippen LogP contribution in [0.3, 0.4) is 0 Å². The van der Waals surface area contributed by atoms with Crippen LogP contribution >= 0.6 is 11.6 Å². The number of anilines is 2. The number of halogens is 1. The average Bonchev–Trinajstić information content (AvgIpc) is 2.52. The molecule has 2 rings (SSSR count). The van der Waals surface area contributed by atoms with Gasteiger partial charge in [0.15, 0.2) is 0 Å². The quantitative estimate of drug-likeness (QED) is 0.669. The van der Waals surface area contributed by atoms with E-state index in [-0.39, 0.29) is 5.57 Å². The highest BCUT2D eigenvalue weighted by Crippen LogP contribution is 2.14. The molecule has 0 saturated heterocycles. The highest BCUT2D eigenvalue weighted by Gasteiger charge is 2.09. The molecule has 1 amide bonds. The topological polar surface area (TPSA) is 77.8 Å². The third-order valence-electron chi connectivity index (χ3n) is 2.83. The van der Waals surface area contributed by atoms with Gasteiger partial charge in [-0.25, -0.2) is 4.98 Å². The number of pyridine rings is 1. The molecule has 0 aliphatic carbocycles. The maximum Gasteiger partial charge on any atom is 0.267 e. The van der Waals surface area contributed by atoms with Gasteiger partial charge in [0.1, 0.15) is 17.5 Å². The molecule has 0 saturated carbocycles. The molecule has 0 fully saturated rings. The van der Waals surface area contributed by atoms with Gasteiger partial charge in [-0.3, -0.25) is 4.79 Å². The fourth-order valence-electron chi connectivity index (χ4n) is 1.66. The Morgan fingerprint density at radius 2 is 2.05 bits per heavy atom. The molecule has 2 aromatic rings. The zero-order valence-electron chi connectivity index (χ0n) is 11.8. The van der Waals surface area contributed by atoms with Crippen molar-refractivity contribution in [3.05, 3.63) is 65.0 Å². The van der Waals surface area contributed by atoms with Crippen LogP contribution < -0.4 is 10.6 Å². The Morgan fingerprint density at radius 1 is 1.32 bits per heavy atom. The second-order valence-corrected chi connectivity index (χ2v) is 4.88. The number of hydrogen-bond acceptors (Lipinski definition) is 4. The Hall–Kier alpha value is -2.84. The molecule has 0 aliphatic heterocycles. The molecule has 22 heavy (non-hydrogen) atoms. The van der Waals surface area contributed by atoms with Gasteiger partial charge in [-0.2, -0.15) is 5.26 Å². The lowest BCUT2D eigenvalue weighted by Gasteiger charge is -2.06. The van der Waals surface area contributed by atoms with Gasteiger partial charge in [-0.1, -0.05) is 17.7 Å². The minimum Gasteiger partial charge on any atom is -0.345 e. The van der Waals surface area contributed by atoms with Crippen LogP contribution in [0.25, 0.3) is 0 Å². The number of rotatable bonds is 4. The number of benzene rings is 1. The van der Waals surface area contributed by atoms with Gasteiger partial charge in [-0.15, -0.1) is 0 Å². The number of carbonyl (C=O) groups excluding carboxylic acids is 1. The molecule has 2 N–H and O–H groups in total. The first kappa shape index (κ1) is 15.5. The summed E-state index contributed by atoms with van der Waals surface area (Å²) in [6, 6.07) is 12.2. The monoisotopic (exact) mass is 312 g/mol. The molecule has 110 valence electrons. The molecular weight excluding hydrogens is 300 g/mol.